The molecule has 7 nitrogen and oxygen atoms in total. The molecule has 0 spiro atoms. The quantitative estimate of drug-likeness (QED) is 0.931. The highest BCUT2D eigenvalue weighted by Gasteiger charge is 2.20. The van der Waals surface area contributed by atoms with Crippen LogP contribution in [0.5, 0.6) is 0 Å². The van der Waals surface area contributed by atoms with Gasteiger partial charge in [-0.3, -0.25) is 10.1 Å². The van der Waals surface area contributed by atoms with Crippen LogP contribution in [0.2, 0.25) is 0 Å². The van der Waals surface area contributed by atoms with E-state index in [0.717, 1.165) is 31.6 Å². The Balaban J connectivity index is 1.89. The highest BCUT2D eigenvalue weighted by molar-refractivity contribution is 7.13. The van der Waals surface area contributed by atoms with E-state index in [1.165, 1.54) is 11.3 Å². The third-order valence-corrected chi connectivity index (χ3v) is 4.13. The minimum absolute atomic E-state index is 0.234. The smallest absolute Gasteiger partial charge is 0.276 e. The van der Waals surface area contributed by atoms with Crippen molar-refractivity contribution in [3.8, 4) is 0 Å². The number of nitrogens with one attached hydrogen (secondary N) is 1. The van der Waals surface area contributed by atoms with Crippen molar-refractivity contribution in [2.24, 2.45) is 0 Å². The van der Waals surface area contributed by atoms with Crippen LogP contribution in [0.1, 0.15) is 48.8 Å². The fraction of sp³-hybridized carbons (Fsp3) is 0.500. The van der Waals surface area contributed by atoms with Gasteiger partial charge >= 0.3 is 0 Å². The van der Waals surface area contributed by atoms with Crippen molar-refractivity contribution in [2.45, 2.75) is 32.6 Å². The lowest BCUT2D eigenvalue weighted by atomic mass is 10.1. The molecule has 1 amide bonds. The number of aromatic nitrogens is 4. The van der Waals surface area contributed by atoms with Crippen LogP contribution in [0.25, 0.3) is 0 Å². The third-order valence-electron chi connectivity index (χ3n) is 3.53. The summed E-state index contributed by atoms with van der Waals surface area (Å²) in [5.41, 5.74) is 2.82. The number of hydrogen-bond acceptors (Lipinski definition) is 7. The van der Waals surface area contributed by atoms with Crippen molar-refractivity contribution in [1.82, 2.24) is 20.2 Å². The summed E-state index contributed by atoms with van der Waals surface area (Å²) >= 11 is 1.28. The molecule has 0 bridgehead atoms. The van der Waals surface area contributed by atoms with Gasteiger partial charge in [-0.15, -0.1) is 10.2 Å². The molecule has 0 aliphatic carbocycles. The van der Waals surface area contributed by atoms with E-state index in [4.69, 9.17) is 0 Å². The summed E-state index contributed by atoms with van der Waals surface area (Å²) in [4.78, 5) is 23.5. The second kappa shape index (κ2) is 6.35. The predicted molar refractivity (Wildman–Crippen MR) is 85.4 cm³/mol. The van der Waals surface area contributed by atoms with Crippen LogP contribution >= 0.6 is 11.3 Å². The van der Waals surface area contributed by atoms with E-state index in [2.05, 4.69) is 44.2 Å². The third kappa shape index (κ3) is 3.22. The first-order valence-corrected chi connectivity index (χ1v) is 8.23. The maximum atomic E-state index is 12.4. The van der Waals surface area contributed by atoms with Gasteiger partial charge in [-0.05, 0) is 24.8 Å². The fourth-order valence-corrected chi connectivity index (χ4v) is 2.75. The van der Waals surface area contributed by atoms with E-state index in [0.29, 0.717) is 16.8 Å². The van der Waals surface area contributed by atoms with E-state index in [1.807, 2.05) is 0 Å². The average molecular weight is 318 g/mol. The summed E-state index contributed by atoms with van der Waals surface area (Å²) in [5, 5.41) is 10.7. The minimum atomic E-state index is -0.276. The largest absolute Gasteiger partial charge is 0.341 e. The monoisotopic (exact) mass is 318 g/mol. The average Bonchev–Trinajstić information content (AvgIpc) is 3.20. The number of nitrogens with zero attached hydrogens (tertiary/aromatic N) is 5. The molecule has 2 aromatic rings. The normalized spacial score (nSPS) is 14.6. The lowest BCUT2D eigenvalue weighted by molar-refractivity contribution is 0.102. The Morgan fingerprint density at radius 1 is 1.32 bits per heavy atom. The Morgan fingerprint density at radius 3 is 2.73 bits per heavy atom. The molecule has 1 aliphatic heterocycles. The number of hydrogen-bond donors (Lipinski definition) is 1. The van der Waals surface area contributed by atoms with Crippen molar-refractivity contribution in [3.63, 3.8) is 0 Å². The maximum absolute atomic E-state index is 12.4. The zero-order chi connectivity index (χ0) is 15.5. The molecule has 0 unspecified atom stereocenters. The van der Waals surface area contributed by atoms with Crippen LogP contribution in [0.15, 0.2) is 11.6 Å². The number of amides is 1. The molecule has 1 fully saturated rings. The molecule has 1 N–H and O–H groups in total. The summed E-state index contributed by atoms with van der Waals surface area (Å²) in [6.07, 6.45) is 2.28. The predicted octanol–water partition coefficient (Wildman–Crippen LogP) is 2.30. The fourth-order valence-electron chi connectivity index (χ4n) is 2.31. The molecule has 3 heterocycles. The molecule has 1 saturated heterocycles. The van der Waals surface area contributed by atoms with Crippen molar-refractivity contribution in [2.75, 3.05) is 23.3 Å². The molecule has 3 rings (SSSR count). The van der Waals surface area contributed by atoms with Gasteiger partial charge in [0.25, 0.3) is 5.91 Å². The molecule has 0 saturated carbocycles. The van der Waals surface area contributed by atoms with Gasteiger partial charge in [0.15, 0.2) is 0 Å². The summed E-state index contributed by atoms with van der Waals surface area (Å²) in [6.45, 7) is 6.00. The minimum Gasteiger partial charge on any atom is -0.341 e. The van der Waals surface area contributed by atoms with E-state index in [1.54, 1.807) is 11.6 Å². The lowest BCUT2D eigenvalue weighted by Crippen LogP contribution is -2.23. The van der Waals surface area contributed by atoms with Crippen molar-refractivity contribution in [1.29, 1.82) is 0 Å². The maximum Gasteiger partial charge on any atom is 0.276 e. The number of carbonyl (C=O) groups is 1. The summed E-state index contributed by atoms with van der Waals surface area (Å²) in [7, 11) is 0. The van der Waals surface area contributed by atoms with Crippen LogP contribution in [-0.4, -0.2) is 39.2 Å². The summed E-state index contributed by atoms with van der Waals surface area (Å²) in [5.74, 6) is 0.602. The van der Waals surface area contributed by atoms with E-state index >= 15 is 0 Å². The summed E-state index contributed by atoms with van der Waals surface area (Å²) < 4.78 is 0. The number of rotatable bonds is 4. The van der Waals surface area contributed by atoms with Gasteiger partial charge in [-0.1, -0.05) is 25.2 Å². The molecular weight excluding hydrogens is 300 g/mol. The van der Waals surface area contributed by atoms with Gasteiger partial charge in [0.2, 0.25) is 11.1 Å². The van der Waals surface area contributed by atoms with Gasteiger partial charge in [-0.2, -0.15) is 0 Å². The Kier molecular flexibility index (Phi) is 4.28. The first-order chi connectivity index (χ1) is 10.6. The molecule has 0 aromatic carbocycles. The van der Waals surface area contributed by atoms with Crippen molar-refractivity contribution < 1.29 is 4.79 Å². The standard InChI is InChI=1S/C14H18N6OS/c1-9(2)10-7-11(12(21)18-14-19-15-8-22-14)17-13(16-10)20-5-3-4-6-20/h7-9H,3-6H2,1-2H3,(H,18,19,21). The van der Waals surface area contributed by atoms with Crippen LogP contribution in [0, 0.1) is 0 Å². The Hall–Kier alpha value is -2.09. The second-order valence-corrected chi connectivity index (χ2v) is 6.36. The summed E-state index contributed by atoms with van der Waals surface area (Å²) in [6, 6.07) is 1.75. The van der Waals surface area contributed by atoms with Gasteiger partial charge in [0, 0.05) is 18.8 Å². The molecule has 22 heavy (non-hydrogen) atoms. The highest BCUT2D eigenvalue weighted by atomic mass is 32.1. The molecule has 1 aliphatic rings. The van der Waals surface area contributed by atoms with Gasteiger partial charge in [0.05, 0.1) is 0 Å². The second-order valence-electron chi connectivity index (χ2n) is 5.52. The first-order valence-electron chi connectivity index (χ1n) is 7.35. The van der Waals surface area contributed by atoms with Crippen LogP contribution in [0.4, 0.5) is 11.1 Å². The number of carbonyl (C=O) groups excluding carboxylic acids is 1. The van der Waals surface area contributed by atoms with E-state index < -0.39 is 0 Å². The molecule has 0 radical (unpaired) electrons. The highest BCUT2D eigenvalue weighted by Crippen LogP contribution is 2.21. The van der Waals surface area contributed by atoms with Crippen LogP contribution < -0.4 is 10.2 Å². The van der Waals surface area contributed by atoms with Crippen LogP contribution in [0.3, 0.4) is 0 Å². The van der Waals surface area contributed by atoms with Crippen molar-refractivity contribution in [3.05, 3.63) is 23.0 Å². The molecule has 116 valence electrons. The Bertz CT molecular complexity index is 651. The SMILES string of the molecule is CC(C)c1cc(C(=O)Nc2nncs2)nc(N2CCCC2)n1. The zero-order valence-corrected chi connectivity index (χ0v) is 13.4. The van der Waals surface area contributed by atoms with E-state index in [-0.39, 0.29) is 11.8 Å². The molecule has 0 atom stereocenters. The van der Waals surface area contributed by atoms with Gasteiger partial charge < -0.3 is 4.90 Å². The Labute approximate surface area is 132 Å². The van der Waals surface area contributed by atoms with Crippen LogP contribution in [-0.2, 0) is 0 Å². The Morgan fingerprint density at radius 2 is 2.09 bits per heavy atom. The molecular formula is C14H18N6OS. The molecule has 8 heteroatoms. The number of anilines is 2. The van der Waals surface area contributed by atoms with E-state index in [9.17, 15) is 4.79 Å². The first kappa shape index (κ1) is 14.8. The molecule has 2 aromatic heterocycles. The zero-order valence-electron chi connectivity index (χ0n) is 12.6. The van der Waals surface area contributed by atoms with Gasteiger partial charge in [0.1, 0.15) is 11.2 Å². The lowest BCUT2D eigenvalue weighted by Gasteiger charge is -2.17. The van der Waals surface area contributed by atoms with Crippen molar-refractivity contribution >= 4 is 28.3 Å². The van der Waals surface area contributed by atoms with Gasteiger partial charge in [-0.25, -0.2) is 9.97 Å². The topological polar surface area (TPSA) is 83.9 Å².